The summed E-state index contributed by atoms with van der Waals surface area (Å²) in [5, 5.41) is 13.7. The maximum atomic E-state index is 12.8. The fourth-order valence-electron chi connectivity index (χ4n) is 3.12. The molecule has 23 heavy (non-hydrogen) atoms. The summed E-state index contributed by atoms with van der Waals surface area (Å²) in [6, 6.07) is 1.91. The van der Waals surface area contributed by atoms with E-state index in [0.29, 0.717) is 23.8 Å². The van der Waals surface area contributed by atoms with Crippen molar-refractivity contribution < 1.29 is 9.53 Å². The van der Waals surface area contributed by atoms with Crippen LogP contribution in [0.3, 0.4) is 0 Å². The summed E-state index contributed by atoms with van der Waals surface area (Å²) in [5.41, 5.74) is 1.53. The van der Waals surface area contributed by atoms with Gasteiger partial charge in [-0.2, -0.15) is 22.1 Å². The Morgan fingerprint density at radius 2 is 2.30 bits per heavy atom. The normalized spacial score (nSPS) is 22.8. The van der Waals surface area contributed by atoms with E-state index < -0.39 is 0 Å². The zero-order chi connectivity index (χ0) is 16.2. The lowest BCUT2D eigenvalue weighted by Gasteiger charge is -2.31. The highest BCUT2D eigenvalue weighted by atomic mass is 32.2. The predicted molar refractivity (Wildman–Crippen MR) is 88.3 cm³/mol. The molecule has 2 fully saturated rings. The van der Waals surface area contributed by atoms with Crippen molar-refractivity contribution in [2.45, 2.75) is 32.4 Å². The summed E-state index contributed by atoms with van der Waals surface area (Å²) in [4.78, 5) is 14.5. The Balaban J connectivity index is 1.72. The van der Waals surface area contributed by atoms with Crippen LogP contribution in [0.4, 0.5) is 0 Å². The van der Waals surface area contributed by atoms with Crippen LogP contribution in [-0.2, 0) is 11.3 Å². The Bertz CT molecular complexity index is 604. The lowest BCUT2D eigenvalue weighted by molar-refractivity contribution is 0.0598. The van der Waals surface area contributed by atoms with E-state index in [1.807, 2.05) is 11.6 Å². The van der Waals surface area contributed by atoms with Crippen LogP contribution in [0.25, 0.3) is 0 Å². The van der Waals surface area contributed by atoms with Crippen LogP contribution in [0.2, 0.25) is 0 Å². The van der Waals surface area contributed by atoms with Crippen molar-refractivity contribution >= 4 is 17.7 Å². The van der Waals surface area contributed by atoms with Crippen LogP contribution >= 0.6 is 11.8 Å². The highest BCUT2D eigenvalue weighted by Crippen LogP contribution is 2.22. The quantitative estimate of drug-likeness (QED) is 0.841. The number of carbonyl (C=O) groups is 1. The second-order valence-corrected chi connectivity index (χ2v) is 7.25. The number of aromatic nitrogens is 2. The fraction of sp³-hybridized carbons (Fsp3) is 0.688. The van der Waals surface area contributed by atoms with Gasteiger partial charge in [0.2, 0.25) is 0 Å². The van der Waals surface area contributed by atoms with E-state index in [9.17, 15) is 10.1 Å². The molecule has 1 amide bonds. The first kappa shape index (κ1) is 16.3. The Kier molecular flexibility index (Phi) is 5.23. The summed E-state index contributed by atoms with van der Waals surface area (Å²) in [5.74, 6) is 2.08. The summed E-state index contributed by atoms with van der Waals surface area (Å²) in [6.45, 7) is 5.03. The third-order valence-electron chi connectivity index (χ3n) is 4.64. The van der Waals surface area contributed by atoms with Gasteiger partial charge in [-0.3, -0.25) is 9.48 Å². The molecule has 0 radical (unpaired) electrons. The topological polar surface area (TPSA) is 71.2 Å². The van der Waals surface area contributed by atoms with Crippen molar-refractivity contribution in [3.05, 3.63) is 17.5 Å². The largest absolute Gasteiger partial charge is 0.381 e. The minimum atomic E-state index is -0.334. The van der Waals surface area contributed by atoms with Crippen molar-refractivity contribution in [2.24, 2.45) is 5.92 Å². The van der Waals surface area contributed by atoms with Crippen LogP contribution < -0.4 is 0 Å². The van der Waals surface area contributed by atoms with E-state index in [0.717, 1.165) is 44.0 Å². The van der Waals surface area contributed by atoms with Gasteiger partial charge in [0.25, 0.3) is 5.91 Å². The molecule has 0 aliphatic carbocycles. The Morgan fingerprint density at radius 3 is 3.04 bits per heavy atom. The zero-order valence-corrected chi connectivity index (χ0v) is 14.2. The van der Waals surface area contributed by atoms with Gasteiger partial charge in [0.05, 0.1) is 17.8 Å². The molecule has 3 rings (SSSR count). The van der Waals surface area contributed by atoms with Gasteiger partial charge in [-0.25, -0.2) is 0 Å². The number of carbonyl (C=O) groups excluding carboxylic acids is 1. The highest BCUT2D eigenvalue weighted by molar-refractivity contribution is 7.99. The lowest BCUT2D eigenvalue weighted by atomic mass is 10.0. The molecule has 0 aromatic carbocycles. The Hall–Kier alpha value is -1.52. The molecular formula is C16H22N4O2S. The van der Waals surface area contributed by atoms with E-state index >= 15 is 0 Å². The monoisotopic (exact) mass is 334 g/mol. The Labute approximate surface area is 140 Å². The van der Waals surface area contributed by atoms with Gasteiger partial charge in [-0.05, 0) is 25.7 Å². The maximum Gasteiger partial charge on any atom is 0.258 e. The first-order chi connectivity index (χ1) is 11.2. The van der Waals surface area contributed by atoms with Gasteiger partial charge in [0.1, 0.15) is 6.04 Å². The number of ether oxygens (including phenoxy) is 1. The lowest BCUT2D eigenvalue weighted by Crippen LogP contribution is -2.45. The number of hydrogen-bond donors (Lipinski definition) is 0. The van der Waals surface area contributed by atoms with Crippen LogP contribution in [0.15, 0.2) is 6.20 Å². The summed E-state index contributed by atoms with van der Waals surface area (Å²) >= 11 is 1.73. The molecule has 124 valence electrons. The van der Waals surface area contributed by atoms with Gasteiger partial charge in [-0.15, -0.1) is 0 Å². The van der Waals surface area contributed by atoms with Crippen molar-refractivity contribution in [1.29, 1.82) is 5.26 Å². The van der Waals surface area contributed by atoms with Gasteiger partial charge < -0.3 is 9.64 Å². The van der Waals surface area contributed by atoms with E-state index in [2.05, 4.69) is 11.2 Å². The number of hydrogen-bond acceptors (Lipinski definition) is 5. The van der Waals surface area contributed by atoms with Gasteiger partial charge in [0.15, 0.2) is 0 Å². The molecular weight excluding hydrogens is 312 g/mol. The van der Waals surface area contributed by atoms with E-state index in [1.54, 1.807) is 22.9 Å². The molecule has 1 unspecified atom stereocenters. The van der Waals surface area contributed by atoms with Gasteiger partial charge >= 0.3 is 0 Å². The van der Waals surface area contributed by atoms with Crippen molar-refractivity contribution in [2.75, 3.05) is 31.3 Å². The number of amides is 1. The van der Waals surface area contributed by atoms with Crippen LogP contribution in [0, 0.1) is 24.2 Å². The summed E-state index contributed by atoms with van der Waals surface area (Å²) in [6.07, 6.45) is 3.75. The molecule has 3 heterocycles. The molecule has 0 N–H and O–H groups in total. The first-order valence-electron chi connectivity index (χ1n) is 8.09. The summed E-state index contributed by atoms with van der Waals surface area (Å²) < 4.78 is 7.33. The third kappa shape index (κ3) is 3.54. The standard InChI is InChI=1S/C16H22N4O2S/c1-12-15(16(21)19-4-7-23-11-14(19)8-17)9-18-20(12)10-13-2-5-22-6-3-13/h9,13-14H,2-7,10-11H2,1H3. The number of rotatable bonds is 3. The first-order valence-corrected chi connectivity index (χ1v) is 9.24. The Morgan fingerprint density at radius 1 is 1.52 bits per heavy atom. The number of nitriles is 1. The smallest absolute Gasteiger partial charge is 0.258 e. The minimum Gasteiger partial charge on any atom is -0.381 e. The molecule has 6 nitrogen and oxygen atoms in total. The molecule has 1 aromatic heterocycles. The molecule has 2 aliphatic heterocycles. The maximum absolute atomic E-state index is 12.8. The third-order valence-corrected chi connectivity index (χ3v) is 5.67. The second kappa shape index (κ2) is 7.37. The molecule has 0 saturated carbocycles. The van der Waals surface area contributed by atoms with Crippen LogP contribution in [-0.4, -0.2) is 57.9 Å². The fourth-order valence-corrected chi connectivity index (χ4v) is 4.09. The van der Waals surface area contributed by atoms with Crippen LogP contribution in [0.5, 0.6) is 0 Å². The highest BCUT2D eigenvalue weighted by Gasteiger charge is 2.30. The minimum absolute atomic E-state index is 0.0624. The van der Waals surface area contributed by atoms with Crippen molar-refractivity contribution in [3.8, 4) is 6.07 Å². The van der Waals surface area contributed by atoms with E-state index in [4.69, 9.17) is 4.74 Å². The average Bonchev–Trinajstić information content (AvgIpc) is 2.96. The van der Waals surface area contributed by atoms with Crippen molar-refractivity contribution in [3.63, 3.8) is 0 Å². The van der Waals surface area contributed by atoms with Crippen LogP contribution in [0.1, 0.15) is 28.9 Å². The second-order valence-electron chi connectivity index (χ2n) is 6.10. The van der Waals surface area contributed by atoms with E-state index in [-0.39, 0.29) is 11.9 Å². The average molecular weight is 334 g/mol. The number of thioether (sulfide) groups is 1. The van der Waals surface area contributed by atoms with Gasteiger partial charge in [-0.1, -0.05) is 0 Å². The summed E-state index contributed by atoms with van der Waals surface area (Å²) in [7, 11) is 0. The molecule has 0 spiro atoms. The zero-order valence-electron chi connectivity index (χ0n) is 13.4. The molecule has 2 saturated heterocycles. The molecule has 1 atom stereocenters. The molecule has 0 bridgehead atoms. The molecule has 1 aromatic rings. The van der Waals surface area contributed by atoms with Gasteiger partial charge in [0, 0.05) is 43.5 Å². The molecule has 2 aliphatic rings. The SMILES string of the molecule is Cc1c(C(=O)N2CCSCC2C#N)cnn1CC1CCOCC1. The van der Waals surface area contributed by atoms with E-state index in [1.165, 1.54) is 0 Å². The predicted octanol–water partition coefficient (Wildman–Crippen LogP) is 1.70. The van der Waals surface area contributed by atoms with Crippen molar-refractivity contribution in [1.82, 2.24) is 14.7 Å². The number of nitrogens with zero attached hydrogens (tertiary/aromatic N) is 4. The molecule has 7 heteroatoms.